The van der Waals surface area contributed by atoms with Gasteiger partial charge in [-0.25, -0.2) is 13.6 Å². The van der Waals surface area contributed by atoms with Crippen LogP contribution in [0.4, 0.5) is 8.78 Å². The van der Waals surface area contributed by atoms with Crippen LogP contribution in [0.25, 0.3) is 0 Å². The number of hydrogen-bond donors (Lipinski definition) is 0. The van der Waals surface area contributed by atoms with E-state index >= 15 is 0 Å². The van der Waals surface area contributed by atoms with E-state index in [0.29, 0.717) is 10.5 Å². The molecule has 2 aromatic rings. The number of carbonyl (C=O) groups is 2. The quantitative estimate of drug-likeness (QED) is 0.451. The number of carbonyl (C=O) groups excluding carboxylic acids is 2. The van der Waals surface area contributed by atoms with Gasteiger partial charge in [-0.3, -0.25) is 4.79 Å². The summed E-state index contributed by atoms with van der Waals surface area (Å²) in [6.07, 6.45) is 7.26. The molecule has 0 N–H and O–H groups in total. The van der Waals surface area contributed by atoms with Crippen LogP contribution in [0.2, 0.25) is 0 Å². The number of esters is 1. The van der Waals surface area contributed by atoms with Crippen LogP contribution in [-0.4, -0.2) is 28.8 Å². The van der Waals surface area contributed by atoms with Crippen molar-refractivity contribution in [2.45, 2.75) is 36.2 Å². The molecule has 4 rings (SSSR count). The van der Waals surface area contributed by atoms with Crippen molar-refractivity contribution >= 4 is 27.1 Å². The highest BCUT2D eigenvalue weighted by Gasteiger charge is 2.33. The fraction of sp³-hybridized carbons (Fsp3) is 0.240. The number of rotatable bonds is 4. The van der Waals surface area contributed by atoms with Crippen LogP contribution in [0.3, 0.4) is 0 Å². The summed E-state index contributed by atoms with van der Waals surface area (Å²) in [4.78, 5) is 26.7. The smallest absolute Gasteiger partial charge is 0.344 e. The van der Waals surface area contributed by atoms with Gasteiger partial charge < -0.3 is 9.47 Å². The predicted octanol–water partition coefficient (Wildman–Crippen LogP) is 5.48. The van der Waals surface area contributed by atoms with Crippen molar-refractivity contribution in [3.8, 4) is 5.75 Å². The molecule has 0 spiro atoms. The summed E-state index contributed by atoms with van der Waals surface area (Å²) in [5.41, 5.74) is -0.181. The minimum absolute atomic E-state index is 0.0294. The monoisotopic (exact) mass is 456 g/mol. The van der Waals surface area contributed by atoms with Crippen LogP contribution >= 0.6 is 10.5 Å². The van der Waals surface area contributed by atoms with Crippen molar-refractivity contribution in [2.24, 2.45) is 5.92 Å². The van der Waals surface area contributed by atoms with E-state index in [-0.39, 0.29) is 5.78 Å². The largest absolute Gasteiger partial charge is 0.476 e. The van der Waals surface area contributed by atoms with Crippen LogP contribution < -0.4 is 4.74 Å². The lowest BCUT2D eigenvalue weighted by atomic mass is 9.91. The highest BCUT2D eigenvalue weighted by atomic mass is 32.2. The molecule has 4 nitrogen and oxygen atoms in total. The number of ketones is 1. The van der Waals surface area contributed by atoms with Crippen LogP contribution in [0, 0.1) is 17.6 Å². The van der Waals surface area contributed by atoms with Crippen LogP contribution in [0.1, 0.15) is 31.1 Å². The molecule has 166 valence electrons. The van der Waals surface area contributed by atoms with Crippen LogP contribution in [0.15, 0.2) is 70.5 Å². The van der Waals surface area contributed by atoms with Gasteiger partial charge in [0.25, 0.3) is 0 Å². The molecule has 7 heteroatoms. The first-order chi connectivity index (χ1) is 15.2. The molecule has 2 aliphatic rings. The lowest BCUT2D eigenvalue weighted by Crippen LogP contribution is -2.27. The molecule has 0 saturated heterocycles. The van der Waals surface area contributed by atoms with Crippen LogP contribution in [0.5, 0.6) is 5.75 Å². The van der Waals surface area contributed by atoms with Gasteiger partial charge in [0, 0.05) is 15.4 Å². The average molecular weight is 457 g/mol. The fourth-order valence-corrected chi connectivity index (χ4v) is 6.12. The first-order valence-corrected chi connectivity index (χ1v) is 11.3. The zero-order chi connectivity index (χ0) is 23.0. The van der Waals surface area contributed by atoms with E-state index in [0.717, 1.165) is 9.76 Å². The Morgan fingerprint density at radius 3 is 2.47 bits per heavy atom. The molecule has 1 heterocycles. The zero-order valence-electron chi connectivity index (χ0n) is 17.9. The first kappa shape index (κ1) is 22.1. The molecule has 32 heavy (non-hydrogen) atoms. The van der Waals surface area contributed by atoms with Gasteiger partial charge in [0.1, 0.15) is 5.60 Å². The molecule has 0 bridgehead atoms. The molecular weight excluding hydrogens is 434 g/mol. The Morgan fingerprint density at radius 2 is 1.78 bits per heavy atom. The minimum atomic E-state index is -0.919. The minimum Gasteiger partial charge on any atom is -0.476 e. The molecule has 0 amide bonds. The van der Waals surface area contributed by atoms with Gasteiger partial charge >= 0.3 is 5.97 Å². The Balaban J connectivity index is 1.72. The maximum atomic E-state index is 14.9. The van der Waals surface area contributed by atoms with Crippen LogP contribution in [-0.2, 0) is 9.53 Å². The summed E-state index contributed by atoms with van der Waals surface area (Å²) >= 11 is 0. The highest BCUT2D eigenvalue weighted by Crippen LogP contribution is 2.47. The average Bonchev–Trinajstić information content (AvgIpc) is 2.72. The standard InChI is InChI=1S/C25H22F2O4S/c1-25(2,3)31-22(28)14-30-24-18(26)12-15(13-19(24)27)32-20-10-6-4-8-16(20)23(29)17-9-5-7-11-21(17)32/h4-13,16H,14H2,1-3H3. The van der Waals surface area contributed by atoms with Gasteiger partial charge in [0.2, 0.25) is 0 Å². The molecule has 0 fully saturated rings. The van der Waals surface area contributed by atoms with E-state index < -0.39 is 52.0 Å². The third-order valence-corrected chi connectivity index (χ3v) is 7.20. The highest BCUT2D eigenvalue weighted by molar-refractivity contribution is 8.16. The Kier molecular flexibility index (Phi) is 5.86. The van der Waals surface area contributed by atoms with E-state index in [4.69, 9.17) is 9.47 Å². The Bertz CT molecular complexity index is 1180. The number of halogens is 2. The second kappa shape index (κ2) is 8.47. The van der Waals surface area contributed by atoms with Gasteiger partial charge in [-0.15, -0.1) is 10.5 Å². The van der Waals surface area contributed by atoms with E-state index in [1.165, 1.54) is 12.1 Å². The number of benzene rings is 2. The molecule has 2 unspecified atom stereocenters. The van der Waals surface area contributed by atoms with E-state index in [1.807, 2.05) is 18.2 Å². The molecule has 1 aliphatic heterocycles. The van der Waals surface area contributed by atoms with Gasteiger partial charge in [0.15, 0.2) is 29.8 Å². The lowest BCUT2D eigenvalue weighted by molar-refractivity contribution is -0.157. The van der Waals surface area contributed by atoms with Gasteiger partial charge in [-0.2, -0.15) is 0 Å². The topological polar surface area (TPSA) is 52.6 Å². The van der Waals surface area contributed by atoms with E-state index in [2.05, 4.69) is 0 Å². The normalized spacial score (nSPS) is 19.4. The molecule has 0 aromatic heterocycles. The third kappa shape index (κ3) is 4.30. The second-order valence-corrected chi connectivity index (χ2v) is 10.4. The third-order valence-electron chi connectivity index (χ3n) is 4.83. The van der Waals surface area contributed by atoms with Gasteiger partial charge in [-0.1, -0.05) is 42.5 Å². The van der Waals surface area contributed by atoms with Gasteiger partial charge in [0.05, 0.1) is 5.92 Å². The number of allylic oxidation sites excluding steroid dienone is 4. The second-order valence-electron chi connectivity index (χ2n) is 8.38. The van der Waals surface area contributed by atoms with E-state index in [1.54, 1.807) is 51.1 Å². The Hall–Kier alpha value is -3.06. The molecule has 2 atom stereocenters. The summed E-state index contributed by atoms with van der Waals surface area (Å²) in [7, 11) is -0.845. The molecule has 1 aliphatic carbocycles. The van der Waals surface area contributed by atoms with Gasteiger partial charge in [-0.05, 0) is 43.8 Å². The summed E-state index contributed by atoms with van der Waals surface area (Å²) in [6.45, 7) is 4.46. The van der Waals surface area contributed by atoms with E-state index in [9.17, 15) is 18.4 Å². The number of Topliss-reactive ketones (excluding diaryl/α,β-unsaturated/α-hetero) is 1. The van der Waals surface area contributed by atoms with Crippen molar-refractivity contribution < 1.29 is 27.8 Å². The Morgan fingerprint density at radius 1 is 1.09 bits per heavy atom. The van der Waals surface area contributed by atoms with Crippen molar-refractivity contribution in [1.82, 2.24) is 0 Å². The SMILES string of the molecule is CC(C)(C)OC(=O)COc1c(F)cc(S2=C3C=CC=CC3C(=O)c3ccccc32)cc1F. The summed E-state index contributed by atoms with van der Waals surface area (Å²) in [6, 6.07) is 9.56. The number of hydrogen-bond acceptors (Lipinski definition) is 4. The maximum absolute atomic E-state index is 14.9. The van der Waals surface area contributed by atoms with Crippen molar-refractivity contribution in [1.29, 1.82) is 0 Å². The summed E-state index contributed by atoms with van der Waals surface area (Å²) in [5.74, 6) is -3.69. The molecule has 2 aromatic carbocycles. The zero-order valence-corrected chi connectivity index (χ0v) is 18.7. The maximum Gasteiger partial charge on any atom is 0.344 e. The number of ether oxygens (including phenoxy) is 2. The fourth-order valence-electron chi connectivity index (χ4n) is 3.64. The predicted molar refractivity (Wildman–Crippen MR) is 119 cm³/mol. The summed E-state index contributed by atoms with van der Waals surface area (Å²) < 4.78 is 40.0. The number of fused-ring (bicyclic) bond motifs is 2. The Labute approximate surface area is 187 Å². The lowest BCUT2D eigenvalue weighted by Gasteiger charge is -2.29. The van der Waals surface area contributed by atoms with Crippen molar-refractivity contribution in [2.75, 3.05) is 6.61 Å². The van der Waals surface area contributed by atoms with Crippen molar-refractivity contribution in [3.05, 3.63) is 77.9 Å². The molecular formula is C25H22F2O4S. The summed E-state index contributed by atoms with van der Waals surface area (Å²) in [5, 5.41) is 0. The first-order valence-electron chi connectivity index (χ1n) is 10.1. The molecule has 0 radical (unpaired) electrons. The molecule has 0 saturated carbocycles. The van der Waals surface area contributed by atoms with Crippen molar-refractivity contribution in [3.63, 3.8) is 0 Å².